The van der Waals surface area contributed by atoms with Crippen molar-refractivity contribution in [3.05, 3.63) is 34.1 Å². The van der Waals surface area contributed by atoms with Crippen molar-refractivity contribution in [3.63, 3.8) is 0 Å². The minimum atomic E-state index is -0.721. The maximum absolute atomic E-state index is 13.9. The van der Waals surface area contributed by atoms with Gasteiger partial charge in [0.05, 0.1) is 5.56 Å². The first kappa shape index (κ1) is 14.1. The molecule has 0 spiro atoms. The molecule has 1 heterocycles. The van der Waals surface area contributed by atoms with Crippen LogP contribution >= 0.6 is 15.9 Å². The molecule has 0 radical (unpaired) electrons. The Morgan fingerprint density at radius 3 is 2.42 bits per heavy atom. The number of aliphatic hydroxyl groups is 1. The summed E-state index contributed by atoms with van der Waals surface area (Å²) in [4.78, 5) is 0. The summed E-state index contributed by atoms with van der Waals surface area (Å²) in [7, 11) is 0. The number of hydrogen-bond acceptors (Lipinski definition) is 3. The van der Waals surface area contributed by atoms with Crippen LogP contribution in [0.1, 0.15) is 19.2 Å². The molecular weight excluding hydrogens is 320 g/mol. The molecule has 4 nitrogen and oxygen atoms in total. The van der Waals surface area contributed by atoms with Gasteiger partial charge in [-0.25, -0.2) is 8.78 Å². The maximum atomic E-state index is 13.9. The zero-order valence-electron chi connectivity index (χ0n) is 10.2. The molecule has 0 bridgehead atoms. The van der Waals surface area contributed by atoms with E-state index >= 15 is 0 Å². The lowest BCUT2D eigenvalue weighted by Crippen LogP contribution is -2.07. The molecule has 1 aromatic carbocycles. The molecule has 1 N–H and O–H groups in total. The van der Waals surface area contributed by atoms with Crippen molar-refractivity contribution in [2.45, 2.75) is 26.5 Å². The number of hydrogen-bond donors (Lipinski definition) is 1. The number of halogens is 3. The maximum Gasteiger partial charge on any atom is 0.169 e. The van der Waals surface area contributed by atoms with Crippen molar-refractivity contribution in [2.75, 3.05) is 0 Å². The standard InChI is InChI=1S/C12H12BrF2N3O/c1-2-3-18-10(6-19)16-17-12(18)11-8(14)4-7(13)5-9(11)15/h4-5,19H,2-3,6H2,1H3. The number of aliphatic hydroxyl groups excluding tert-OH is 1. The minimum Gasteiger partial charge on any atom is -0.388 e. The van der Waals surface area contributed by atoms with Crippen LogP contribution in [0.2, 0.25) is 0 Å². The minimum absolute atomic E-state index is 0.0911. The van der Waals surface area contributed by atoms with E-state index in [9.17, 15) is 8.78 Å². The molecule has 2 aromatic rings. The van der Waals surface area contributed by atoms with Gasteiger partial charge in [0.1, 0.15) is 18.2 Å². The molecule has 7 heteroatoms. The molecule has 0 aliphatic carbocycles. The lowest BCUT2D eigenvalue weighted by Gasteiger charge is -2.09. The molecule has 19 heavy (non-hydrogen) atoms. The van der Waals surface area contributed by atoms with Crippen molar-refractivity contribution in [1.82, 2.24) is 14.8 Å². The van der Waals surface area contributed by atoms with E-state index in [4.69, 9.17) is 5.11 Å². The van der Waals surface area contributed by atoms with Crippen molar-refractivity contribution in [1.29, 1.82) is 0 Å². The van der Waals surface area contributed by atoms with E-state index in [0.717, 1.165) is 6.42 Å². The lowest BCUT2D eigenvalue weighted by atomic mass is 10.2. The first-order chi connectivity index (χ1) is 9.08. The van der Waals surface area contributed by atoms with Gasteiger partial charge in [0.2, 0.25) is 0 Å². The fourth-order valence-electron chi connectivity index (χ4n) is 1.85. The zero-order chi connectivity index (χ0) is 14.0. The highest BCUT2D eigenvalue weighted by molar-refractivity contribution is 9.10. The number of benzene rings is 1. The Bertz CT molecular complexity index is 578. The molecule has 0 saturated heterocycles. The Kier molecular flexibility index (Phi) is 4.26. The van der Waals surface area contributed by atoms with Gasteiger partial charge in [-0.05, 0) is 18.6 Å². The molecule has 0 aliphatic rings. The van der Waals surface area contributed by atoms with E-state index in [1.165, 1.54) is 16.7 Å². The summed E-state index contributed by atoms with van der Waals surface area (Å²) in [5, 5.41) is 16.7. The molecule has 0 amide bonds. The topological polar surface area (TPSA) is 50.9 Å². The lowest BCUT2D eigenvalue weighted by molar-refractivity contribution is 0.264. The monoisotopic (exact) mass is 331 g/mol. The Hall–Kier alpha value is -1.34. The van der Waals surface area contributed by atoms with Crippen LogP contribution in [0.15, 0.2) is 16.6 Å². The summed E-state index contributed by atoms with van der Waals surface area (Å²) in [5.74, 6) is -1.06. The largest absolute Gasteiger partial charge is 0.388 e. The molecule has 0 saturated carbocycles. The third kappa shape index (κ3) is 2.66. The normalized spacial score (nSPS) is 11.0. The van der Waals surface area contributed by atoms with Crippen LogP contribution in [0.4, 0.5) is 8.78 Å². The molecule has 0 unspecified atom stereocenters. The summed E-state index contributed by atoms with van der Waals surface area (Å²) in [5.41, 5.74) is -0.233. The second-order valence-corrected chi connectivity index (χ2v) is 4.91. The van der Waals surface area contributed by atoms with E-state index < -0.39 is 11.6 Å². The molecule has 0 aliphatic heterocycles. The molecule has 0 fully saturated rings. The van der Waals surface area contributed by atoms with E-state index in [0.29, 0.717) is 16.8 Å². The predicted molar refractivity (Wildman–Crippen MR) is 69.3 cm³/mol. The Balaban J connectivity index is 2.62. The molecule has 2 rings (SSSR count). The first-order valence-electron chi connectivity index (χ1n) is 5.76. The Morgan fingerprint density at radius 2 is 1.89 bits per heavy atom. The predicted octanol–water partition coefficient (Wildman–Crippen LogP) is 2.89. The van der Waals surface area contributed by atoms with Crippen molar-refractivity contribution >= 4 is 15.9 Å². The van der Waals surface area contributed by atoms with Crippen LogP contribution in [0, 0.1) is 11.6 Å². The van der Waals surface area contributed by atoms with Gasteiger partial charge < -0.3 is 9.67 Å². The summed E-state index contributed by atoms with van der Waals surface area (Å²) >= 11 is 3.02. The van der Waals surface area contributed by atoms with Gasteiger partial charge in [0.25, 0.3) is 0 Å². The first-order valence-corrected chi connectivity index (χ1v) is 6.55. The van der Waals surface area contributed by atoms with Crippen LogP contribution in [0.3, 0.4) is 0 Å². The smallest absolute Gasteiger partial charge is 0.169 e. The Morgan fingerprint density at radius 1 is 1.26 bits per heavy atom. The van der Waals surface area contributed by atoms with Crippen molar-refractivity contribution in [3.8, 4) is 11.4 Å². The average molecular weight is 332 g/mol. The van der Waals surface area contributed by atoms with E-state index in [1.54, 1.807) is 0 Å². The van der Waals surface area contributed by atoms with Crippen LogP contribution in [-0.4, -0.2) is 19.9 Å². The van der Waals surface area contributed by atoms with Crippen LogP contribution in [0.25, 0.3) is 11.4 Å². The summed E-state index contributed by atoms with van der Waals surface area (Å²) in [6.45, 7) is 2.07. The van der Waals surface area contributed by atoms with Gasteiger partial charge in [-0.1, -0.05) is 22.9 Å². The van der Waals surface area contributed by atoms with Gasteiger partial charge in [-0.2, -0.15) is 0 Å². The number of aromatic nitrogens is 3. The fourth-order valence-corrected chi connectivity index (χ4v) is 2.25. The highest BCUT2D eigenvalue weighted by Gasteiger charge is 2.20. The van der Waals surface area contributed by atoms with E-state index in [2.05, 4.69) is 26.1 Å². The highest BCUT2D eigenvalue weighted by atomic mass is 79.9. The third-order valence-electron chi connectivity index (χ3n) is 2.65. The molecule has 1 aromatic heterocycles. The second kappa shape index (κ2) is 5.75. The summed E-state index contributed by atoms with van der Waals surface area (Å²) in [6, 6.07) is 2.34. The SMILES string of the molecule is CCCn1c(CO)nnc1-c1c(F)cc(Br)cc1F. The molecule has 0 atom stereocenters. The quantitative estimate of drug-likeness (QED) is 0.937. The van der Waals surface area contributed by atoms with E-state index in [1.807, 2.05) is 6.92 Å². The highest BCUT2D eigenvalue weighted by Crippen LogP contribution is 2.28. The van der Waals surface area contributed by atoms with Gasteiger partial charge in [0.15, 0.2) is 11.6 Å². The molecular formula is C12H12BrF2N3O. The van der Waals surface area contributed by atoms with Crippen LogP contribution in [-0.2, 0) is 13.2 Å². The van der Waals surface area contributed by atoms with Gasteiger partial charge in [0, 0.05) is 11.0 Å². The van der Waals surface area contributed by atoms with Crippen molar-refractivity contribution in [2.24, 2.45) is 0 Å². The number of nitrogens with zero attached hydrogens (tertiary/aromatic N) is 3. The molecule has 102 valence electrons. The van der Waals surface area contributed by atoms with Crippen molar-refractivity contribution < 1.29 is 13.9 Å². The van der Waals surface area contributed by atoms with Crippen LogP contribution in [0.5, 0.6) is 0 Å². The van der Waals surface area contributed by atoms with E-state index in [-0.39, 0.29) is 18.0 Å². The van der Waals surface area contributed by atoms with Gasteiger partial charge in [-0.3, -0.25) is 0 Å². The van der Waals surface area contributed by atoms with Gasteiger partial charge >= 0.3 is 0 Å². The average Bonchev–Trinajstić information content (AvgIpc) is 2.72. The second-order valence-electron chi connectivity index (χ2n) is 3.99. The van der Waals surface area contributed by atoms with Crippen LogP contribution < -0.4 is 0 Å². The summed E-state index contributed by atoms with van der Waals surface area (Å²) in [6.07, 6.45) is 0.734. The zero-order valence-corrected chi connectivity index (χ0v) is 11.8. The summed E-state index contributed by atoms with van der Waals surface area (Å²) < 4.78 is 29.7. The Labute approximate surface area is 117 Å². The third-order valence-corrected chi connectivity index (χ3v) is 3.10. The fraction of sp³-hybridized carbons (Fsp3) is 0.333. The number of rotatable bonds is 4. The van der Waals surface area contributed by atoms with Gasteiger partial charge in [-0.15, -0.1) is 10.2 Å².